The van der Waals surface area contributed by atoms with Gasteiger partial charge in [0.05, 0.1) is 12.6 Å². The van der Waals surface area contributed by atoms with Crippen LogP contribution in [0.4, 0.5) is 0 Å². The smallest absolute Gasteiger partial charge is 0.137 e. The van der Waals surface area contributed by atoms with E-state index < -0.39 is 0 Å². The Hall–Kier alpha value is -1.39. The molecule has 1 atom stereocenters. The number of rotatable bonds is 3. The fraction of sp³-hybridized carbons (Fsp3) is 0.429. The fourth-order valence-electron chi connectivity index (χ4n) is 2.66. The van der Waals surface area contributed by atoms with Crippen molar-refractivity contribution in [2.24, 2.45) is 0 Å². The molecular formula is C14H16ClN3O. The number of aryl methyl sites for hydroxylation is 1. The minimum absolute atomic E-state index is 0.126. The van der Waals surface area contributed by atoms with Crippen molar-refractivity contribution in [1.29, 1.82) is 0 Å². The Morgan fingerprint density at radius 3 is 2.79 bits per heavy atom. The molecule has 1 aliphatic rings. The molecule has 0 spiro atoms. The lowest BCUT2D eigenvalue weighted by atomic mass is 10.0. The van der Waals surface area contributed by atoms with E-state index >= 15 is 0 Å². The van der Waals surface area contributed by atoms with Gasteiger partial charge in [-0.1, -0.05) is 23.7 Å². The van der Waals surface area contributed by atoms with Crippen LogP contribution in [0.1, 0.15) is 36.1 Å². The van der Waals surface area contributed by atoms with E-state index in [1.165, 1.54) is 0 Å². The monoisotopic (exact) mass is 277 g/mol. The molecule has 1 aromatic heterocycles. The van der Waals surface area contributed by atoms with Crippen LogP contribution in [-0.2, 0) is 12.8 Å². The SMILES string of the molecule is OCC1CCCc2nnc(Cc3ccc(Cl)cc3)n21. The van der Waals surface area contributed by atoms with Crippen LogP contribution in [-0.4, -0.2) is 26.5 Å². The van der Waals surface area contributed by atoms with Crippen molar-refractivity contribution >= 4 is 11.6 Å². The Bertz CT molecular complexity index is 565. The second-order valence-corrected chi connectivity index (χ2v) is 5.37. The second-order valence-electron chi connectivity index (χ2n) is 4.93. The Morgan fingerprint density at radius 2 is 2.05 bits per heavy atom. The number of aliphatic hydroxyl groups is 1. The summed E-state index contributed by atoms with van der Waals surface area (Å²) in [4.78, 5) is 0. The third-order valence-electron chi connectivity index (χ3n) is 3.63. The van der Waals surface area contributed by atoms with Gasteiger partial charge < -0.3 is 9.67 Å². The van der Waals surface area contributed by atoms with Gasteiger partial charge in [-0.2, -0.15) is 0 Å². The summed E-state index contributed by atoms with van der Waals surface area (Å²) >= 11 is 5.89. The third kappa shape index (κ3) is 2.51. The quantitative estimate of drug-likeness (QED) is 0.937. The molecule has 0 saturated heterocycles. The van der Waals surface area contributed by atoms with E-state index in [0.29, 0.717) is 0 Å². The number of fused-ring (bicyclic) bond motifs is 1. The van der Waals surface area contributed by atoms with Gasteiger partial charge in [0.1, 0.15) is 11.6 Å². The van der Waals surface area contributed by atoms with Crippen molar-refractivity contribution < 1.29 is 5.11 Å². The molecule has 0 aliphatic carbocycles. The van der Waals surface area contributed by atoms with Crippen LogP contribution in [0.3, 0.4) is 0 Å². The van der Waals surface area contributed by atoms with Gasteiger partial charge in [-0.05, 0) is 30.5 Å². The summed E-state index contributed by atoms with van der Waals surface area (Å²) in [7, 11) is 0. The molecule has 0 amide bonds. The van der Waals surface area contributed by atoms with Crippen molar-refractivity contribution in [1.82, 2.24) is 14.8 Å². The highest BCUT2D eigenvalue weighted by Crippen LogP contribution is 2.25. The zero-order valence-electron chi connectivity index (χ0n) is 10.6. The van der Waals surface area contributed by atoms with Crippen molar-refractivity contribution in [2.45, 2.75) is 31.7 Å². The van der Waals surface area contributed by atoms with E-state index in [1.54, 1.807) is 0 Å². The first kappa shape index (κ1) is 12.6. The Labute approximate surface area is 117 Å². The Balaban J connectivity index is 1.89. The molecule has 1 N–H and O–H groups in total. The second kappa shape index (κ2) is 5.31. The zero-order chi connectivity index (χ0) is 13.2. The molecule has 0 fully saturated rings. The van der Waals surface area contributed by atoms with Crippen molar-refractivity contribution in [3.63, 3.8) is 0 Å². The molecule has 19 heavy (non-hydrogen) atoms. The largest absolute Gasteiger partial charge is 0.394 e. The highest BCUT2D eigenvalue weighted by Gasteiger charge is 2.23. The molecule has 2 aromatic rings. The van der Waals surface area contributed by atoms with Crippen LogP contribution in [0.25, 0.3) is 0 Å². The summed E-state index contributed by atoms with van der Waals surface area (Å²) in [6, 6.07) is 7.89. The maximum atomic E-state index is 9.49. The maximum absolute atomic E-state index is 9.49. The van der Waals surface area contributed by atoms with E-state index in [4.69, 9.17) is 11.6 Å². The Kier molecular flexibility index (Phi) is 3.53. The molecule has 0 bridgehead atoms. The van der Waals surface area contributed by atoms with Crippen molar-refractivity contribution in [3.05, 3.63) is 46.5 Å². The van der Waals surface area contributed by atoms with E-state index in [1.807, 2.05) is 24.3 Å². The molecule has 0 radical (unpaired) electrons. The first-order valence-corrected chi connectivity index (χ1v) is 6.93. The summed E-state index contributed by atoms with van der Waals surface area (Å²) in [5, 5.41) is 18.8. The molecule has 5 heteroatoms. The molecule has 1 aromatic carbocycles. The molecule has 0 saturated carbocycles. The van der Waals surface area contributed by atoms with Crippen LogP contribution in [0.15, 0.2) is 24.3 Å². The summed E-state index contributed by atoms with van der Waals surface area (Å²) in [6.07, 6.45) is 3.74. The number of halogens is 1. The summed E-state index contributed by atoms with van der Waals surface area (Å²) in [6.45, 7) is 0.151. The highest BCUT2D eigenvalue weighted by atomic mass is 35.5. The molecule has 4 nitrogen and oxygen atoms in total. The minimum atomic E-state index is 0.126. The molecule has 3 rings (SSSR count). The average Bonchev–Trinajstić information content (AvgIpc) is 2.85. The van der Waals surface area contributed by atoms with Gasteiger partial charge in [-0.3, -0.25) is 0 Å². The number of benzene rings is 1. The van der Waals surface area contributed by atoms with Gasteiger partial charge in [0.15, 0.2) is 0 Å². The minimum Gasteiger partial charge on any atom is -0.394 e. The predicted molar refractivity (Wildman–Crippen MR) is 73.3 cm³/mol. The molecule has 1 aliphatic heterocycles. The van der Waals surface area contributed by atoms with Gasteiger partial charge in [-0.15, -0.1) is 10.2 Å². The Morgan fingerprint density at radius 1 is 1.26 bits per heavy atom. The summed E-state index contributed by atoms with van der Waals surface area (Å²) in [5.41, 5.74) is 1.15. The lowest BCUT2D eigenvalue weighted by Crippen LogP contribution is -2.23. The van der Waals surface area contributed by atoms with Crippen LogP contribution in [0, 0.1) is 0 Å². The topological polar surface area (TPSA) is 50.9 Å². The van der Waals surface area contributed by atoms with Crippen LogP contribution in [0.5, 0.6) is 0 Å². The van der Waals surface area contributed by atoms with Gasteiger partial charge in [0, 0.05) is 17.9 Å². The molecule has 100 valence electrons. The number of aliphatic hydroxyl groups excluding tert-OH is 1. The van der Waals surface area contributed by atoms with Gasteiger partial charge in [0.25, 0.3) is 0 Å². The molecule has 2 heterocycles. The number of aromatic nitrogens is 3. The van der Waals surface area contributed by atoms with E-state index in [0.717, 1.165) is 47.9 Å². The van der Waals surface area contributed by atoms with Gasteiger partial charge in [-0.25, -0.2) is 0 Å². The predicted octanol–water partition coefficient (Wildman–Crippen LogP) is 2.39. The first-order valence-electron chi connectivity index (χ1n) is 6.56. The lowest BCUT2D eigenvalue weighted by Gasteiger charge is -2.24. The molecular weight excluding hydrogens is 262 g/mol. The number of hydrogen-bond acceptors (Lipinski definition) is 3. The average molecular weight is 278 g/mol. The van der Waals surface area contributed by atoms with Crippen LogP contribution >= 0.6 is 11.6 Å². The van der Waals surface area contributed by atoms with E-state index in [9.17, 15) is 5.11 Å². The van der Waals surface area contributed by atoms with Gasteiger partial charge in [0.2, 0.25) is 0 Å². The van der Waals surface area contributed by atoms with Gasteiger partial charge >= 0.3 is 0 Å². The van der Waals surface area contributed by atoms with E-state index in [2.05, 4.69) is 14.8 Å². The third-order valence-corrected chi connectivity index (χ3v) is 3.88. The van der Waals surface area contributed by atoms with Crippen molar-refractivity contribution in [2.75, 3.05) is 6.61 Å². The summed E-state index contributed by atoms with van der Waals surface area (Å²) < 4.78 is 2.11. The first-order chi connectivity index (χ1) is 9.28. The van der Waals surface area contributed by atoms with E-state index in [-0.39, 0.29) is 12.6 Å². The molecule has 1 unspecified atom stereocenters. The standard InChI is InChI=1S/C14H16ClN3O/c15-11-6-4-10(5-7-11)8-14-17-16-13-3-1-2-12(9-19)18(13)14/h4-7,12,19H,1-3,8-9H2. The maximum Gasteiger partial charge on any atom is 0.137 e. The zero-order valence-corrected chi connectivity index (χ0v) is 11.3. The number of nitrogens with zero attached hydrogens (tertiary/aromatic N) is 3. The van der Waals surface area contributed by atoms with Crippen molar-refractivity contribution in [3.8, 4) is 0 Å². The highest BCUT2D eigenvalue weighted by molar-refractivity contribution is 6.30. The fourth-order valence-corrected chi connectivity index (χ4v) is 2.78. The normalized spacial score (nSPS) is 18.3. The summed E-state index contributed by atoms with van der Waals surface area (Å²) in [5.74, 6) is 1.92. The van der Waals surface area contributed by atoms with Crippen LogP contribution in [0.2, 0.25) is 5.02 Å². The number of hydrogen-bond donors (Lipinski definition) is 1. The van der Waals surface area contributed by atoms with Crippen LogP contribution < -0.4 is 0 Å². The lowest BCUT2D eigenvalue weighted by molar-refractivity contribution is 0.203.